The summed E-state index contributed by atoms with van der Waals surface area (Å²) in [7, 11) is -3.18. The van der Waals surface area contributed by atoms with Gasteiger partial charge in [-0.2, -0.15) is 4.31 Å². The van der Waals surface area contributed by atoms with Crippen molar-refractivity contribution < 1.29 is 8.42 Å². The van der Waals surface area contributed by atoms with Gasteiger partial charge in [-0.25, -0.2) is 23.4 Å². The molecule has 9 nitrogen and oxygen atoms in total. The Hall–Kier alpha value is -2.43. The van der Waals surface area contributed by atoms with Gasteiger partial charge in [0, 0.05) is 62.3 Å². The van der Waals surface area contributed by atoms with Crippen molar-refractivity contribution in [1.29, 1.82) is 0 Å². The second kappa shape index (κ2) is 7.61. The number of H-pyrrole nitrogens is 1. The van der Waals surface area contributed by atoms with Crippen molar-refractivity contribution in [3.8, 4) is 0 Å². The molecular weight excluding hydrogens is 438 g/mol. The summed E-state index contributed by atoms with van der Waals surface area (Å²) in [6, 6.07) is 4.16. The highest BCUT2D eigenvalue weighted by molar-refractivity contribution is 7.88. The molecule has 1 atom stereocenters. The minimum Gasteiger partial charge on any atom is -0.363 e. The Kier molecular flexibility index (Phi) is 5.03. The third kappa shape index (κ3) is 3.72. The number of anilines is 2. The molecule has 3 aromatic heterocycles. The number of hydrogen-bond donors (Lipinski definition) is 1. The van der Waals surface area contributed by atoms with Gasteiger partial charge in [0.1, 0.15) is 22.9 Å². The van der Waals surface area contributed by atoms with E-state index in [1.807, 2.05) is 18.3 Å². The maximum absolute atomic E-state index is 11.9. The first-order valence-electron chi connectivity index (χ1n) is 10.2. The number of fused-ring (bicyclic) bond motifs is 2. The summed E-state index contributed by atoms with van der Waals surface area (Å²) in [4.78, 5) is 21.2. The highest BCUT2D eigenvalue weighted by atomic mass is 35.5. The van der Waals surface area contributed by atoms with E-state index in [0.717, 1.165) is 40.2 Å². The molecule has 164 valence electrons. The van der Waals surface area contributed by atoms with Gasteiger partial charge in [0.15, 0.2) is 0 Å². The van der Waals surface area contributed by atoms with Crippen molar-refractivity contribution in [3.63, 3.8) is 0 Å². The highest BCUT2D eigenvalue weighted by Gasteiger charge is 2.31. The molecule has 2 aliphatic rings. The van der Waals surface area contributed by atoms with Crippen molar-refractivity contribution in [2.45, 2.75) is 25.9 Å². The maximum atomic E-state index is 11.9. The number of nitrogens with one attached hydrogen (secondary N) is 1. The van der Waals surface area contributed by atoms with Crippen LogP contribution in [0.4, 0.5) is 11.5 Å². The van der Waals surface area contributed by atoms with Crippen LogP contribution in [0.1, 0.15) is 18.2 Å². The number of nitrogens with zero attached hydrogens (tertiary/aromatic N) is 6. The normalized spacial score (nSPS) is 20.3. The van der Waals surface area contributed by atoms with E-state index >= 15 is 0 Å². The van der Waals surface area contributed by atoms with Crippen LogP contribution >= 0.6 is 11.6 Å². The number of pyridine rings is 1. The Morgan fingerprint density at radius 1 is 1.19 bits per heavy atom. The van der Waals surface area contributed by atoms with Gasteiger partial charge in [0.2, 0.25) is 10.0 Å². The quantitative estimate of drug-likeness (QED) is 0.596. The lowest BCUT2D eigenvalue weighted by molar-refractivity contribution is 0.386. The van der Waals surface area contributed by atoms with Gasteiger partial charge < -0.3 is 14.8 Å². The third-order valence-electron chi connectivity index (χ3n) is 6.15. The second-order valence-corrected chi connectivity index (χ2v) is 10.5. The fourth-order valence-electron chi connectivity index (χ4n) is 4.55. The first-order valence-corrected chi connectivity index (χ1v) is 12.5. The van der Waals surface area contributed by atoms with Crippen molar-refractivity contribution in [3.05, 3.63) is 41.1 Å². The highest BCUT2D eigenvalue weighted by Crippen LogP contribution is 2.36. The topological polar surface area (TPSA) is 98.3 Å². The molecular formula is C20H24ClN7O2S. The molecule has 2 aliphatic heterocycles. The van der Waals surface area contributed by atoms with Crippen molar-refractivity contribution in [2.75, 3.05) is 42.2 Å². The fraction of sp³-hybridized carbons (Fsp3) is 0.450. The van der Waals surface area contributed by atoms with Crippen LogP contribution in [0.2, 0.25) is 5.15 Å². The molecule has 1 saturated heterocycles. The predicted molar refractivity (Wildman–Crippen MR) is 121 cm³/mol. The molecule has 0 saturated carbocycles. The smallest absolute Gasteiger partial charge is 0.211 e. The average Bonchev–Trinajstić information content (AvgIpc) is 3.20. The molecule has 3 aromatic rings. The zero-order chi connectivity index (χ0) is 21.8. The van der Waals surface area contributed by atoms with E-state index in [1.165, 1.54) is 10.6 Å². The minimum absolute atomic E-state index is 0.230. The summed E-state index contributed by atoms with van der Waals surface area (Å²) in [6.45, 7) is 4.97. The molecule has 0 amide bonds. The number of hydrogen-bond acceptors (Lipinski definition) is 7. The van der Waals surface area contributed by atoms with E-state index in [-0.39, 0.29) is 6.04 Å². The van der Waals surface area contributed by atoms with Crippen LogP contribution in [0.15, 0.2) is 24.7 Å². The number of aromatic nitrogens is 4. The molecule has 1 N–H and O–H groups in total. The van der Waals surface area contributed by atoms with Crippen molar-refractivity contribution >= 4 is 44.2 Å². The lowest BCUT2D eigenvalue weighted by atomic mass is 9.98. The largest absolute Gasteiger partial charge is 0.363 e. The molecule has 5 heterocycles. The summed E-state index contributed by atoms with van der Waals surface area (Å²) in [5, 5.41) is 1.48. The van der Waals surface area contributed by atoms with Crippen molar-refractivity contribution in [2.24, 2.45) is 0 Å². The molecule has 0 unspecified atom stereocenters. The van der Waals surface area contributed by atoms with E-state index in [2.05, 4.69) is 36.7 Å². The molecule has 0 radical (unpaired) electrons. The van der Waals surface area contributed by atoms with Crippen LogP contribution in [0, 0.1) is 0 Å². The van der Waals surface area contributed by atoms with Gasteiger partial charge in [-0.1, -0.05) is 11.6 Å². The average molecular weight is 462 g/mol. The first kappa shape index (κ1) is 20.5. The lowest BCUT2D eigenvalue weighted by Gasteiger charge is -2.40. The minimum atomic E-state index is -3.18. The molecule has 0 aliphatic carbocycles. The predicted octanol–water partition coefficient (Wildman–Crippen LogP) is 2.04. The summed E-state index contributed by atoms with van der Waals surface area (Å²) in [5.41, 5.74) is 3.93. The molecule has 0 bridgehead atoms. The van der Waals surface area contributed by atoms with Gasteiger partial charge in [-0.3, -0.25) is 0 Å². The molecule has 5 rings (SSSR count). The maximum Gasteiger partial charge on any atom is 0.211 e. The van der Waals surface area contributed by atoms with Crippen LogP contribution in [0.3, 0.4) is 0 Å². The van der Waals surface area contributed by atoms with Gasteiger partial charge in [-0.15, -0.1) is 0 Å². The van der Waals surface area contributed by atoms with Crippen LogP contribution in [-0.2, 0) is 23.0 Å². The molecule has 31 heavy (non-hydrogen) atoms. The zero-order valence-corrected chi connectivity index (χ0v) is 19.0. The number of sulfonamides is 1. The Bertz CT molecular complexity index is 1240. The lowest BCUT2D eigenvalue weighted by Crippen LogP contribution is -2.49. The number of aromatic amines is 1. The summed E-state index contributed by atoms with van der Waals surface area (Å²) < 4.78 is 25.3. The standard InChI is InChI=1S/C20H24ClN7O2S/c1-13-9-16-15(11-28(13)17-10-18(21)25-19-14(17)3-4-22-19)20(24-12-23-16)26-5-7-27(8-6-26)31(2,29)30/h3-4,10,12-13H,5-9,11H2,1-2H3,(H,22,25)/t13-/m1/s1. The Balaban J connectivity index is 1.48. The van der Waals surface area contributed by atoms with E-state index in [1.54, 1.807) is 6.33 Å². The SMILES string of the molecule is C[C@@H]1Cc2ncnc(N3CCN(S(C)(=O)=O)CC3)c2CN1c1cc(Cl)nc2[nH]ccc12. The number of rotatable bonds is 3. The zero-order valence-electron chi connectivity index (χ0n) is 17.4. The molecule has 0 aromatic carbocycles. The molecule has 0 spiro atoms. The summed E-state index contributed by atoms with van der Waals surface area (Å²) in [5.74, 6) is 0.889. The number of halogens is 1. The van der Waals surface area contributed by atoms with Gasteiger partial charge in [0.05, 0.1) is 17.6 Å². The summed E-state index contributed by atoms with van der Waals surface area (Å²) >= 11 is 6.31. The Morgan fingerprint density at radius 3 is 2.71 bits per heavy atom. The Morgan fingerprint density at radius 2 is 1.97 bits per heavy atom. The number of piperazine rings is 1. The van der Waals surface area contributed by atoms with E-state index < -0.39 is 10.0 Å². The van der Waals surface area contributed by atoms with E-state index in [9.17, 15) is 8.42 Å². The molecule has 11 heteroatoms. The van der Waals surface area contributed by atoms with E-state index in [4.69, 9.17) is 11.6 Å². The Labute approximate surface area is 186 Å². The van der Waals surface area contributed by atoms with Gasteiger partial charge in [-0.05, 0) is 19.1 Å². The first-order chi connectivity index (χ1) is 14.8. The third-order valence-corrected chi connectivity index (χ3v) is 7.65. The van der Waals surface area contributed by atoms with Gasteiger partial charge >= 0.3 is 0 Å². The van der Waals surface area contributed by atoms with Gasteiger partial charge in [0.25, 0.3) is 0 Å². The van der Waals surface area contributed by atoms with Crippen LogP contribution in [0.5, 0.6) is 0 Å². The van der Waals surface area contributed by atoms with Crippen LogP contribution < -0.4 is 9.80 Å². The van der Waals surface area contributed by atoms with Crippen LogP contribution in [0.25, 0.3) is 11.0 Å². The van der Waals surface area contributed by atoms with Crippen molar-refractivity contribution in [1.82, 2.24) is 24.2 Å². The fourth-order valence-corrected chi connectivity index (χ4v) is 5.56. The second-order valence-electron chi connectivity index (χ2n) is 8.16. The van der Waals surface area contributed by atoms with E-state index in [0.29, 0.717) is 37.9 Å². The summed E-state index contributed by atoms with van der Waals surface area (Å²) in [6.07, 6.45) is 5.54. The monoisotopic (exact) mass is 461 g/mol. The molecule has 1 fully saturated rings. The van der Waals surface area contributed by atoms with Crippen LogP contribution in [-0.4, -0.2) is 71.1 Å².